The van der Waals surface area contributed by atoms with Gasteiger partial charge in [0.15, 0.2) is 9.84 Å². The number of amides is 2. The summed E-state index contributed by atoms with van der Waals surface area (Å²) in [5, 5.41) is 2.75. The van der Waals surface area contributed by atoms with Crippen LogP contribution in [0, 0.1) is 0 Å². The summed E-state index contributed by atoms with van der Waals surface area (Å²) in [6, 6.07) is 7.05. The van der Waals surface area contributed by atoms with Gasteiger partial charge in [-0.1, -0.05) is 36.1 Å². The second-order valence-corrected chi connectivity index (χ2v) is 10.8. The van der Waals surface area contributed by atoms with Crippen molar-refractivity contribution < 1.29 is 22.7 Å². The first-order valence-electron chi connectivity index (χ1n) is 9.16. The van der Waals surface area contributed by atoms with Gasteiger partial charge in [0, 0.05) is 19.0 Å². The Morgan fingerprint density at radius 2 is 2.10 bits per heavy atom. The first-order chi connectivity index (χ1) is 13.8. The Labute approximate surface area is 179 Å². The minimum absolute atomic E-state index is 0.00356. The van der Waals surface area contributed by atoms with E-state index >= 15 is 0 Å². The van der Waals surface area contributed by atoms with E-state index in [0.717, 1.165) is 11.3 Å². The van der Waals surface area contributed by atoms with Crippen LogP contribution in [0.2, 0.25) is 0 Å². The number of hydrogen-bond donors (Lipinski definition) is 1. The average Bonchev–Trinajstić information content (AvgIpc) is 3.15. The molecule has 2 heterocycles. The van der Waals surface area contributed by atoms with Crippen molar-refractivity contribution in [2.45, 2.75) is 25.3 Å². The van der Waals surface area contributed by atoms with Crippen molar-refractivity contribution in [1.29, 1.82) is 0 Å². The van der Waals surface area contributed by atoms with Crippen LogP contribution in [0.3, 0.4) is 0 Å². The van der Waals surface area contributed by atoms with E-state index in [9.17, 15) is 18.0 Å². The zero-order valence-electron chi connectivity index (χ0n) is 15.9. The van der Waals surface area contributed by atoms with Crippen LogP contribution in [-0.4, -0.2) is 60.7 Å². The van der Waals surface area contributed by atoms with Crippen molar-refractivity contribution in [3.63, 3.8) is 0 Å². The highest BCUT2D eigenvalue weighted by Crippen LogP contribution is 2.33. The fraction of sp³-hybridized carbons (Fsp3) is 0.421. The van der Waals surface area contributed by atoms with Crippen molar-refractivity contribution in [2.75, 3.05) is 25.2 Å². The average molecular weight is 455 g/mol. The highest BCUT2D eigenvalue weighted by atomic mass is 32.2. The Hall–Kier alpha value is -1.91. The van der Waals surface area contributed by atoms with Gasteiger partial charge in [-0.3, -0.25) is 14.5 Å². The van der Waals surface area contributed by atoms with Crippen LogP contribution in [0.4, 0.5) is 0 Å². The number of benzene rings is 1. The summed E-state index contributed by atoms with van der Waals surface area (Å²) in [7, 11) is -1.43. The van der Waals surface area contributed by atoms with E-state index in [2.05, 4.69) is 5.32 Å². The summed E-state index contributed by atoms with van der Waals surface area (Å²) < 4.78 is 28.5. The molecule has 0 unspecified atom stereocenters. The third kappa shape index (κ3) is 5.80. The van der Waals surface area contributed by atoms with Gasteiger partial charge in [0.2, 0.25) is 5.91 Å². The molecule has 2 aliphatic heterocycles. The van der Waals surface area contributed by atoms with Gasteiger partial charge < -0.3 is 10.1 Å². The number of carbonyl (C=O) groups excluding carboxylic acids is 2. The Balaban J connectivity index is 1.49. The molecule has 1 N–H and O–H groups in total. The van der Waals surface area contributed by atoms with E-state index in [1.165, 1.54) is 16.7 Å². The molecule has 1 aromatic carbocycles. The number of thiocarbonyl (C=S) groups is 1. The number of sulfone groups is 1. The van der Waals surface area contributed by atoms with Gasteiger partial charge in [0.05, 0.1) is 23.5 Å². The third-order valence-electron chi connectivity index (χ3n) is 4.67. The van der Waals surface area contributed by atoms with Gasteiger partial charge in [-0.2, -0.15) is 0 Å². The minimum atomic E-state index is -3.03. The van der Waals surface area contributed by atoms with Gasteiger partial charge in [-0.25, -0.2) is 8.42 Å². The van der Waals surface area contributed by atoms with Crippen molar-refractivity contribution in [2.24, 2.45) is 0 Å². The van der Waals surface area contributed by atoms with E-state index in [4.69, 9.17) is 17.0 Å². The van der Waals surface area contributed by atoms with Gasteiger partial charge in [0.25, 0.3) is 5.91 Å². The number of carbonyl (C=O) groups is 2. The van der Waals surface area contributed by atoms with Crippen molar-refractivity contribution in [3.05, 3.63) is 34.7 Å². The SMILES string of the molecule is COc1ccc(/C=C2\SC(=S)N(CCCC(=O)N[C@@H]3CCS(=O)(=O)C3)C2=O)cc1. The normalized spacial score (nSPS) is 22.3. The molecule has 29 heavy (non-hydrogen) atoms. The van der Waals surface area contributed by atoms with Crippen LogP contribution >= 0.6 is 24.0 Å². The molecule has 10 heteroatoms. The van der Waals surface area contributed by atoms with E-state index < -0.39 is 9.84 Å². The monoisotopic (exact) mass is 454 g/mol. The predicted octanol–water partition coefficient (Wildman–Crippen LogP) is 1.98. The number of ether oxygens (including phenoxy) is 1. The molecule has 0 radical (unpaired) electrons. The van der Waals surface area contributed by atoms with E-state index in [1.54, 1.807) is 13.2 Å². The largest absolute Gasteiger partial charge is 0.497 e. The number of hydrogen-bond acceptors (Lipinski definition) is 7. The molecule has 1 atom stereocenters. The molecule has 3 rings (SSSR count). The highest BCUT2D eigenvalue weighted by Gasteiger charge is 2.32. The van der Waals surface area contributed by atoms with Crippen molar-refractivity contribution in [1.82, 2.24) is 10.2 Å². The van der Waals surface area contributed by atoms with Crippen LogP contribution in [0.15, 0.2) is 29.2 Å². The zero-order chi connectivity index (χ0) is 21.0. The summed E-state index contributed by atoms with van der Waals surface area (Å²) in [5.41, 5.74) is 0.872. The zero-order valence-corrected chi connectivity index (χ0v) is 18.4. The van der Waals surface area contributed by atoms with E-state index in [0.29, 0.717) is 28.6 Å². The molecule has 0 bridgehead atoms. The van der Waals surface area contributed by atoms with Crippen LogP contribution in [-0.2, 0) is 19.4 Å². The second kappa shape index (κ2) is 9.27. The molecule has 0 spiro atoms. The van der Waals surface area contributed by atoms with Gasteiger partial charge in [-0.15, -0.1) is 0 Å². The Morgan fingerprint density at radius 1 is 1.38 bits per heavy atom. The predicted molar refractivity (Wildman–Crippen MR) is 117 cm³/mol. The van der Waals surface area contributed by atoms with Crippen molar-refractivity contribution >= 4 is 56.0 Å². The molecule has 0 aromatic heterocycles. The Bertz CT molecular complexity index is 941. The molecule has 0 saturated carbocycles. The standard InChI is InChI=1S/C19H22N2O5S3/c1-26-15-6-4-13(5-7-15)11-16-18(23)21(19(27)28-16)9-2-3-17(22)20-14-8-10-29(24,25)12-14/h4-7,11,14H,2-3,8-10,12H2,1H3,(H,20,22)/b16-11-/t14-/m1/s1. The first-order valence-corrected chi connectivity index (χ1v) is 12.2. The number of nitrogens with one attached hydrogen (secondary N) is 1. The number of nitrogens with zero attached hydrogens (tertiary/aromatic N) is 1. The molecule has 0 aliphatic carbocycles. The summed E-state index contributed by atoms with van der Waals surface area (Å²) in [6.45, 7) is 0.348. The second-order valence-electron chi connectivity index (χ2n) is 6.88. The van der Waals surface area contributed by atoms with Crippen LogP contribution in [0.5, 0.6) is 5.75 Å². The fourth-order valence-corrected chi connectivity index (χ4v) is 6.13. The summed E-state index contributed by atoms with van der Waals surface area (Å²) in [4.78, 5) is 26.7. The van der Waals surface area contributed by atoms with E-state index in [1.807, 2.05) is 24.3 Å². The van der Waals surface area contributed by atoms with Gasteiger partial charge >= 0.3 is 0 Å². The lowest BCUT2D eigenvalue weighted by Gasteiger charge is -2.15. The lowest BCUT2D eigenvalue weighted by atomic mass is 10.2. The maximum absolute atomic E-state index is 12.6. The smallest absolute Gasteiger partial charge is 0.266 e. The molecule has 7 nitrogen and oxygen atoms in total. The molecule has 2 aliphatic rings. The molecular formula is C19H22N2O5S3. The molecule has 2 saturated heterocycles. The Morgan fingerprint density at radius 3 is 2.72 bits per heavy atom. The highest BCUT2D eigenvalue weighted by molar-refractivity contribution is 8.26. The van der Waals surface area contributed by atoms with Crippen LogP contribution < -0.4 is 10.1 Å². The van der Waals surface area contributed by atoms with Crippen LogP contribution in [0.1, 0.15) is 24.8 Å². The molecule has 2 amide bonds. The topological polar surface area (TPSA) is 92.8 Å². The summed E-state index contributed by atoms with van der Waals surface area (Å²) >= 11 is 6.55. The minimum Gasteiger partial charge on any atom is -0.497 e. The first kappa shape index (κ1) is 21.8. The molecule has 156 valence electrons. The van der Waals surface area contributed by atoms with Gasteiger partial charge in [-0.05, 0) is 36.6 Å². The number of rotatable bonds is 7. The summed E-state index contributed by atoms with van der Waals surface area (Å²) in [6.07, 6.45) is 2.91. The molecule has 2 fully saturated rings. The maximum Gasteiger partial charge on any atom is 0.266 e. The quantitative estimate of drug-likeness (QED) is 0.497. The number of methoxy groups -OCH3 is 1. The lowest BCUT2D eigenvalue weighted by molar-refractivity contribution is -0.124. The summed E-state index contributed by atoms with van der Waals surface area (Å²) in [5.74, 6) is 0.492. The van der Waals surface area contributed by atoms with Crippen molar-refractivity contribution in [3.8, 4) is 5.75 Å². The van der Waals surface area contributed by atoms with E-state index in [-0.39, 0.29) is 35.8 Å². The maximum atomic E-state index is 12.6. The third-order valence-corrected chi connectivity index (χ3v) is 7.82. The molecule has 1 aromatic rings. The lowest BCUT2D eigenvalue weighted by Crippen LogP contribution is -2.36. The van der Waals surface area contributed by atoms with Gasteiger partial charge in [0.1, 0.15) is 10.1 Å². The van der Waals surface area contributed by atoms with Crippen LogP contribution in [0.25, 0.3) is 6.08 Å². The Kier molecular flexibility index (Phi) is 6.97. The molecular weight excluding hydrogens is 432 g/mol. The fourth-order valence-electron chi connectivity index (χ4n) is 3.15. The number of thioether (sulfide) groups is 1.